The maximum Gasteiger partial charge on any atom is 0.272 e. The molecule has 1 N–H and O–H groups in total. The summed E-state index contributed by atoms with van der Waals surface area (Å²) in [5, 5.41) is 3.19. The number of ether oxygens (including phenoxy) is 1. The SMILES string of the molecule is COc1ccccc1CNc1cc(C(=O)N2CCN(C=O)CC2)ncn1. The first-order valence-electron chi connectivity index (χ1n) is 8.37. The van der Waals surface area contributed by atoms with Crippen molar-refractivity contribution in [3.63, 3.8) is 0 Å². The molecule has 0 bridgehead atoms. The van der Waals surface area contributed by atoms with E-state index in [2.05, 4.69) is 15.3 Å². The molecule has 0 saturated carbocycles. The van der Waals surface area contributed by atoms with Crippen molar-refractivity contribution < 1.29 is 14.3 Å². The third-order valence-corrected chi connectivity index (χ3v) is 4.29. The van der Waals surface area contributed by atoms with E-state index in [0.29, 0.717) is 44.2 Å². The minimum Gasteiger partial charge on any atom is -0.496 e. The van der Waals surface area contributed by atoms with Gasteiger partial charge in [0.25, 0.3) is 5.91 Å². The highest BCUT2D eigenvalue weighted by atomic mass is 16.5. The van der Waals surface area contributed by atoms with Crippen molar-refractivity contribution >= 4 is 18.1 Å². The Morgan fingerprint density at radius 2 is 2.00 bits per heavy atom. The second-order valence-electron chi connectivity index (χ2n) is 5.89. The smallest absolute Gasteiger partial charge is 0.272 e. The van der Waals surface area contributed by atoms with Gasteiger partial charge in [0.05, 0.1) is 7.11 Å². The molecule has 0 spiro atoms. The zero-order valence-electron chi connectivity index (χ0n) is 14.6. The second kappa shape index (κ2) is 8.28. The number of hydrogen-bond acceptors (Lipinski definition) is 6. The molecule has 1 aromatic carbocycles. The van der Waals surface area contributed by atoms with Crippen molar-refractivity contribution in [3.8, 4) is 5.75 Å². The molecule has 2 aromatic rings. The lowest BCUT2D eigenvalue weighted by molar-refractivity contribution is -0.119. The van der Waals surface area contributed by atoms with Crippen LogP contribution in [0.3, 0.4) is 0 Å². The monoisotopic (exact) mass is 355 g/mol. The average Bonchev–Trinajstić information content (AvgIpc) is 2.72. The van der Waals surface area contributed by atoms with E-state index in [-0.39, 0.29) is 5.91 Å². The Morgan fingerprint density at radius 3 is 2.73 bits per heavy atom. The lowest BCUT2D eigenvalue weighted by Crippen LogP contribution is -2.48. The second-order valence-corrected chi connectivity index (χ2v) is 5.89. The van der Waals surface area contributed by atoms with Gasteiger partial charge in [-0.1, -0.05) is 18.2 Å². The minimum atomic E-state index is -0.154. The van der Waals surface area contributed by atoms with Crippen LogP contribution in [-0.4, -0.2) is 65.4 Å². The lowest BCUT2D eigenvalue weighted by Gasteiger charge is -2.32. The van der Waals surface area contributed by atoms with Crippen LogP contribution < -0.4 is 10.1 Å². The molecule has 3 rings (SSSR count). The normalized spacial score (nSPS) is 14.0. The van der Waals surface area contributed by atoms with Crippen molar-refractivity contribution in [2.75, 3.05) is 38.6 Å². The van der Waals surface area contributed by atoms with Gasteiger partial charge in [-0.15, -0.1) is 0 Å². The molecule has 0 radical (unpaired) electrons. The third kappa shape index (κ3) is 4.08. The predicted molar refractivity (Wildman–Crippen MR) is 95.9 cm³/mol. The highest BCUT2D eigenvalue weighted by Gasteiger charge is 2.22. The summed E-state index contributed by atoms with van der Waals surface area (Å²) in [5.41, 5.74) is 1.33. The van der Waals surface area contributed by atoms with Gasteiger partial charge in [0.1, 0.15) is 23.6 Å². The van der Waals surface area contributed by atoms with E-state index in [1.54, 1.807) is 23.0 Å². The average molecular weight is 355 g/mol. The van der Waals surface area contributed by atoms with Crippen LogP contribution in [0.1, 0.15) is 16.1 Å². The van der Waals surface area contributed by atoms with Crippen LogP contribution in [0.4, 0.5) is 5.82 Å². The molecule has 1 saturated heterocycles. The van der Waals surface area contributed by atoms with Crippen LogP contribution in [-0.2, 0) is 11.3 Å². The summed E-state index contributed by atoms with van der Waals surface area (Å²) < 4.78 is 5.33. The van der Waals surface area contributed by atoms with Crippen LogP contribution in [0, 0.1) is 0 Å². The number of benzene rings is 1. The van der Waals surface area contributed by atoms with Crippen molar-refractivity contribution in [1.82, 2.24) is 19.8 Å². The molecule has 1 aromatic heterocycles. The fourth-order valence-corrected chi connectivity index (χ4v) is 2.80. The summed E-state index contributed by atoms with van der Waals surface area (Å²) >= 11 is 0. The standard InChI is InChI=1S/C18H21N5O3/c1-26-16-5-3-2-4-14(16)11-19-17-10-15(20-12-21-17)18(25)23-8-6-22(13-24)7-9-23/h2-5,10,12-13H,6-9,11H2,1H3,(H,19,20,21). The molecule has 0 unspecified atom stereocenters. The van der Waals surface area contributed by atoms with E-state index in [0.717, 1.165) is 17.7 Å². The van der Waals surface area contributed by atoms with Crippen molar-refractivity contribution in [2.24, 2.45) is 0 Å². The first kappa shape index (κ1) is 17.7. The van der Waals surface area contributed by atoms with E-state index in [9.17, 15) is 9.59 Å². The summed E-state index contributed by atoms with van der Waals surface area (Å²) in [6.07, 6.45) is 2.19. The molecular formula is C18H21N5O3. The molecular weight excluding hydrogens is 334 g/mol. The third-order valence-electron chi connectivity index (χ3n) is 4.29. The van der Waals surface area contributed by atoms with Gasteiger partial charge in [-0.2, -0.15) is 0 Å². The molecule has 1 aliphatic rings. The maximum atomic E-state index is 12.6. The Labute approximate surface area is 151 Å². The van der Waals surface area contributed by atoms with Crippen molar-refractivity contribution in [3.05, 3.63) is 47.9 Å². The van der Waals surface area contributed by atoms with Crippen LogP contribution in [0.15, 0.2) is 36.7 Å². The van der Waals surface area contributed by atoms with Gasteiger partial charge in [-0.25, -0.2) is 9.97 Å². The Hall–Kier alpha value is -3.16. The van der Waals surface area contributed by atoms with Crippen LogP contribution >= 0.6 is 0 Å². The van der Waals surface area contributed by atoms with Crippen LogP contribution in [0.2, 0.25) is 0 Å². The van der Waals surface area contributed by atoms with Gasteiger partial charge < -0.3 is 19.9 Å². The molecule has 8 nitrogen and oxygen atoms in total. The fraction of sp³-hybridized carbons (Fsp3) is 0.333. The Balaban J connectivity index is 1.64. The number of piperazine rings is 1. The van der Waals surface area contributed by atoms with E-state index in [1.807, 2.05) is 24.3 Å². The number of rotatable bonds is 6. The molecule has 8 heteroatoms. The van der Waals surface area contributed by atoms with Crippen molar-refractivity contribution in [1.29, 1.82) is 0 Å². The largest absolute Gasteiger partial charge is 0.496 e. The van der Waals surface area contributed by atoms with Gasteiger partial charge in [-0.05, 0) is 6.07 Å². The number of methoxy groups -OCH3 is 1. The minimum absolute atomic E-state index is 0.154. The highest BCUT2D eigenvalue weighted by Crippen LogP contribution is 2.18. The number of amides is 2. The topological polar surface area (TPSA) is 87.7 Å². The number of hydrogen-bond donors (Lipinski definition) is 1. The molecule has 2 heterocycles. The summed E-state index contributed by atoms with van der Waals surface area (Å²) in [6, 6.07) is 9.35. The summed E-state index contributed by atoms with van der Waals surface area (Å²) in [4.78, 5) is 35.0. The number of nitrogens with zero attached hydrogens (tertiary/aromatic N) is 4. The first-order valence-corrected chi connectivity index (χ1v) is 8.37. The molecule has 1 aliphatic heterocycles. The van der Waals surface area contributed by atoms with Gasteiger partial charge in [0.15, 0.2) is 0 Å². The summed E-state index contributed by atoms with van der Waals surface area (Å²) in [5.74, 6) is 1.21. The zero-order chi connectivity index (χ0) is 18.4. The van der Waals surface area contributed by atoms with E-state index in [4.69, 9.17) is 4.74 Å². The number of aromatic nitrogens is 2. The molecule has 0 atom stereocenters. The van der Waals surface area contributed by atoms with Crippen LogP contribution in [0.25, 0.3) is 0 Å². The number of anilines is 1. The fourth-order valence-electron chi connectivity index (χ4n) is 2.80. The highest BCUT2D eigenvalue weighted by molar-refractivity contribution is 5.93. The van der Waals surface area contributed by atoms with Crippen molar-refractivity contribution in [2.45, 2.75) is 6.54 Å². The summed E-state index contributed by atoms with van der Waals surface area (Å²) in [6.45, 7) is 2.61. The van der Waals surface area contributed by atoms with E-state index < -0.39 is 0 Å². The van der Waals surface area contributed by atoms with Gasteiger partial charge >= 0.3 is 0 Å². The summed E-state index contributed by atoms with van der Waals surface area (Å²) in [7, 11) is 1.63. The maximum absolute atomic E-state index is 12.6. The Kier molecular flexibility index (Phi) is 5.62. The molecule has 136 valence electrons. The van der Waals surface area contributed by atoms with Crippen LogP contribution in [0.5, 0.6) is 5.75 Å². The predicted octanol–water partition coefficient (Wildman–Crippen LogP) is 1.01. The number of carbonyl (C=O) groups excluding carboxylic acids is 2. The number of carbonyl (C=O) groups is 2. The lowest BCUT2D eigenvalue weighted by atomic mass is 10.2. The molecule has 2 amide bonds. The zero-order valence-corrected chi connectivity index (χ0v) is 14.6. The molecule has 26 heavy (non-hydrogen) atoms. The molecule has 1 fully saturated rings. The number of para-hydroxylation sites is 1. The van der Waals surface area contributed by atoms with E-state index >= 15 is 0 Å². The quantitative estimate of drug-likeness (QED) is 0.778. The first-order chi connectivity index (χ1) is 12.7. The molecule has 0 aliphatic carbocycles. The van der Waals surface area contributed by atoms with Gasteiger partial charge in [0.2, 0.25) is 6.41 Å². The van der Waals surface area contributed by atoms with Gasteiger partial charge in [0, 0.05) is 44.4 Å². The number of nitrogens with one attached hydrogen (secondary N) is 1. The van der Waals surface area contributed by atoms with E-state index in [1.165, 1.54) is 6.33 Å². The van der Waals surface area contributed by atoms with Gasteiger partial charge in [-0.3, -0.25) is 9.59 Å². The Bertz CT molecular complexity index is 775. The Morgan fingerprint density at radius 1 is 1.23 bits per heavy atom.